The van der Waals surface area contributed by atoms with Crippen LogP contribution in [0.25, 0.3) is 22.6 Å². The van der Waals surface area contributed by atoms with Crippen molar-refractivity contribution in [1.29, 1.82) is 0 Å². The molecule has 0 atom stereocenters. The summed E-state index contributed by atoms with van der Waals surface area (Å²) in [5.74, 6) is -0.289. The molecule has 0 aliphatic rings. The summed E-state index contributed by atoms with van der Waals surface area (Å²) in [6.45, 7) is 2.49. The molecule has 3 rings (SSSR count). The van der Waals surface area contributed by atoms with Gasteiger partial charge in [-0.3, -0.25) is 4.79 Å². The lowest BCUT2D eigenvalue weighted by atomic mass is 10.2. The topological polar surface area (TPSA) is 104 Å². The highest BCUT2D eigenvalue weighted by atomic mass is 16.4. The lowest BCUT2D eigenvalue weighted by Crippen LogP contribution is -2.29. The van der Waals surface area contributed by atoms with Gasteiger partial charge in [-0.2, -0.15) is 0 Å². The number of urea groups is 1. The third kappa shape index (κ3) is 5.33. The van der Waals surface area contributed by atoms with Gasteiger partial charge in [0.15, 0.2) is 5.58 Å². The third-order valence-electron chi connectivity index (χ3n) is 4.26. The number of benzene rings is 2. The van der Waals surface area contributed by atoms with E-state index >= 15 is 0 Å². The van der Waals surface area contributed by atoms with E-state index in [0.29, 0.717) is 24.5 Å². The van der Waals surface area contributed by atoms with Crippen LogP contribution in [0.4, 0.5) is 10.5 Å². The summed E-state index contributed by atoms with van der Waals surface area (Å²) in [4.78, 5) is 27.0. The van der Waals surface area contributed by atoms with Gasteiger partial charge in [-0.15, -0.1) is 0 Å². The highest BCUT2D eigenvalue weighted by Gasteiger charge is 2.10. The Morgan fingerprint density at radius 3 is 2.79 bits per heavy atom. The Labute approximate surface area is 162 Å². The number of carboxylic acid groups (broad SMARTS) is 1. The average Bonchev–Trinajstić information content (AvgIpc) is 3.08. The van der Waals surface area contributed by atoms with E-state index in [1.807, 2.05) is 43.3 Å². The molecule has 0 saturated heterocycles. The maximum atomic E-state index is 12.0. The second-order valence-electron chi connectivity index (χ2n) is 6.66. The number of amides is 2. The summed E-state index contributed by atoms with van der Waals surface area (Å²) in [5, 5.41) is 14.1. The maximum Gasteiger partial charge on any atom is 0.319 e. The van der Waals surface area contributed by atoms with Gasteiger partial charge in [0, 0.05) is 24.2 Å². The Kier molecular flexibility index (Phi) is 6.26. The van der Waals surface area contributed by atoms with E-state index in [4.69, 9.17) is 9.52 Å². The summed E-state index contributed by atoms with van der Waals surface area (Å²) < 4.78 is 5.83. The first-order valence-electron chi connectivity index (χ1n) is 9.25. The van der Waals surface area contributed by atoms with Crippen molar-refractivity contribution in [2.24, 2.45) is 0 Å². The van der Waals surface area contributed by atoms with Gasteiger partial charge in [0.05, 0.1) is 0 Å². The van der Waals surface area contributed by atoms with Crippen LogP contribution in [0.5, 0.6) is 0 Å². The van der Waals surface area contributed by atoms with Gasteiger partial charge < -0.3 is 20.2 Å². The Morgan fingerprint density at radius 1 is 1.11 bits per heavy atom. The molecule has 0 unspecified atom stereocenters. The molecule has 7 nitrogen and oxygen atoms in total. The first kappa shape index (κ1) is 19.4. The third-order valence-corrected chi connectivity index (χ3v) is 4.26. The van der Waals surface area contributed by atoms with Crippen molar-refractivity contribution in [3.63, 3.8) is 0 Å². The molecule has 0 aliphatic carbocycles. The Bertz CT molecular complexity index is 981. The van der Waals surface area contributed by atoms with Crippen molar-refractivity contribution in [2.45, 2.75) is 32.6 Å². The van der Waals surface area contributed by atoms with E-state index in [9.17, 15) is 9.59 Å². The van der Waals surface area contributed by atoms with Crippen molar-refractivity contribution >= 4 is 28.8 Å². The molecule has 0 bridgehead atoms. The molecule has 146 valence electrons. The number of nitrogens with one attached hydrogen (secondary N) is 2. The van der Waals surface area contributed by atoms with E-state index in [1.165, 1.54) is 0 Å². The molecule has 3 aromatic rings. The van der Waals surface area contributed by atoms with Crippen molar-refractivity contribution in [2.75, 3.05) is 11.9 Å². The summed E-state index contributed by atoms with van der Waals surface area (Å²) in [6, 6.07) is 12.9. The zero-order chi connectivity index (χ0) is 19.9. The SMILES string of the molecule is Cc1ccc2nc(-c3cccc(NC(=O)NCCCCCC(=O)O)c3)oc2c1. The minimum absolute atomic E-state index is 0.161. The fraction of sp³-hybridized carbons (Fsp3) is 0.286. The Hall–Kier alpha value is -3.35. The number of aromatic nitrogens is 1. The number of anilines is 1. The fourth-order valence-electron chi connectivity index (χ4n) is 2.84. The lowest BCUT2D eigenvalue weighted by Gasteiger charge is -2.08. The fourth-order valence-corrected chi connectivity index (χ4v) is 2.84. The van der Waals surface area contributed by atoms with Crippen molar-refractivity contribution < 1.29 is 19.1 Å². The summed E-state index contributed by atoms with van der Waals surface area (Å²) in [5.41, 5.74) is 4.04. The van der Waals surface area contributed by atoms with Crippen molar-refractivity contribution in [1.82, 2.24) is 10.3 Å². The number of hydrogen-bond donors (Lipinski definition) is 3. The highest BCUT2D eigenvalue weighted by Crippen LogP contribution is 2.26. The number of hydrogen-bond acceptors (Lipinski definition) is 4. The molecule has 2 amide bonds. The van der Waals surface area contributed by atoms with Gasteiger partial charge in [0.2, 0.25) is 5.89 Å². The molecule has 0 fully saturated rings. The smallest absolute Gasteiger partial charge is 0.319 e. The zero-order valence-electron chi connectivity index (χ0n) is 15.7. The van der Waals surface area contributed by atoms with Crippen LogP contribution in [0.15, 0.2) is 46.9 Å². The second-order valence-corrected chi connectivity index (χ2v) is 6.66. The van der Waals surface area contributed by atoms with Crippen LogP contribution in [0, 0.1) is 6.92 Å². The number of carboxylic acids is 1. The minimum atomic E-state index is -0.792. The Morgan fingerprint density at radius 2 is 1.96 bits per heavy atom. The molecule has 1 heterocycles. The number of aliphatic carboxylic acids is 1. The molecule has 0 saturated carbocycles. The number of unbranched alkanes of at least 4 members (excludes halogenated alkanes) is 2. The predicted octanol–water partition coefficient (Wildman–Crippen LogP) is 4.57. The minimum Gasteiger partial charge on any atom is -0.481 e. The van der Waals surface area contributed by atoms with Crippen LogP contribution in [0.1, 0.15) is 31.2 Å². The van der Waals surface area contributed by atoms with Crippen LogP contribution >= 0.6 is 0 Å². The largest absolute Gasteiger partial charge is 0.481 e. The molecule has 3 N–H and O–H groups in total. The maximum absolute atomic E-state index is 12.0. The first-order valence-corrected chi connectivity index (χ1v) is 9.25. The highest BCUT2D eigenvalue weighted by molar-refractivity contribution is 5.90. The number of carbonyl (C=O) groups excluding carboxylic acids is 1. The van der Waals surface area contributed by atoms with Gasteiger partial charge in [-0.25, -0.2) is 9.78 Å². The monoisotopic (exact) mass is 381 g/mol. The number of aryl methyl sites for hydroxylation is 1. The standard InChI is InChI=1S/C21H23N3O4/c1-14-9-10-17-18(12-14)28-20(24-17)15-6-5-7-16(13-15)23-21(27)22-11-4-2-3-8-19(25)26/h5-7,9-10,12-13H,2-4,8,11H2,1H3,(H,25,26)(H2,22,23,27). The molecule has 0 aliphatic heterocycles. The van der Waals surface area contributed by atoms with Gasteiger partial charge in [0.25, 0.3) is 0 Å². The van der Waals surface area contributed by atoms with Crippen LogP contribution in [-0.2, 0) is 4.79 Å². The lowest BCUT2D eigenvalue weighted by molar-refractivity contribution is -0.137. The first-order chi connectivity index (χ1) is 13.5. The summed E-state index contributed by atoms with van der Waals surface area (Å²) in [6.07, 6.45) is 2.28. The molecule has 2 aromatic carbocycles. The summed E-state index contributed by atoms with van der Waals surface area (Å²) >= 11 is 0. The number of nitrogens with zero attached hydrogens (tertiary/aromatic N) is 1. The van der Waals surface area contributed by atoms with E-state index in [0.717, 1.165) is 35.1 Å². The number of carbonyl (C=O) groups is 2. The van der Waals surface area contributed by atoms with E-state index < -0.39 is 5.97 Å². The molecule has 28 heavy (non-hydrogen) atoms. The van der Waals surface area contributed by atoms with Gasteiger partial charge >= 0.3 is 12.0 Å². The second kappa shape index (κ2) is 9.03. The van der Waals surface area contributed by atoms with Crippen LogP contribution in [-0.4, -0.2) is 28.6 Å². The van der Waals surface area contributed by atoms with Gasteiger partial charge in [-0.05, 0) is 55.7 Å². The molecular formula is C21H23N3O4. The normalized spacial score (nSPS) is 10.8. The van der Waals surface area contributed by atoms with Crippen molar-refractivity contribution in [3.05, 3.63) is 48.0 Å². The summed E-state index contributed by atoms with van der Waals surface area (Å²) in [7, 11) is 0. The van der Waals surface area contributed by atoms with Gasteiger partial charge in [0.1, 0.15) is 5.52 Å². The molecule has 7 heteroatoms. The number of rotatable bonds is 8. The quantitative estimate of drug-likeness (QED) is 0.496. The Balaban J connectivity index is 1.55. The van der Waals surface area contributed by atoms with Crippen molar-refractivity contribution in [3.8, 4) is 11.5 Å². The van der Waals surface area contributed by atoms with Crippen LogP contribution < -0.4 is 10.6 Å². The molecule has 0 spiro atoms. The average molecular weight is 381 g/mol. The van der Waals surface area contributed by atoms with E-state index in [1.54, 1.807) is 6.07 Å². The van der Waals surface area contributed by atoms with Gasteiger partial charge in [-0.1, -0.05) is 18.6 Å². The van der Waals surface area contributed by atoms with Crippen LogP contribution in [0.3, 0.4) is 0 Å². The zero-order valence-corrected chi connectivity index (χ0v) is 15.7. The van der Waals surface area contributed by atoms with E-state index in [-0.39, 0.29) is 12.5 Å². The van der Waals surface area contributed by atoms with Crippen LogP contribution in [0.2, 0.25) is 0 Å². The molecule has 0 radical (unpaired) electrons. The molecule has 1 aromatic heterocycles. The molecular weight excluding hydrogens is 358 g/mol. The van der Waals surface area contributed by atoms with E-state index in [2.05, 4.69) is 15.6 Å². The predicted molar refractivity (Wildman–Crippen MR) is 107 cm³/mol. The number of fused-ring (bicyclic) bond motifs is 1. The number of oxazole rings is 1.